The fourth-order valence-electron chi connectivity index (χ4n) is 3.06. The standard InChI is InChI=1S/C25H26N2O4/c1-18-8-13-23(30-2)20(16-18)14-15-26-24(28)17-27-25(29)19-9-11-22(12-10-19)31-21-6-4-3-5-7-21/h3-13,16H,14-15,17H2,1-2H3,(H,26,28)(H,27,29). The molecule has 0 aliphatic heterocycles. The van der Waals surface area contributed by atoms with Gasteiger partial charge in [0.05, 0.1) is 13.7 Å². The number of carbonyl (C=O) groups is 2. The maximum absolute atomic E-state index is 12.3. The van der Waals surface area contributed by atoms with Crippen LogP contribution in [0.4, 0.5) is 0 Å². The molecule has 6 heteroatoms. The zero-order valence-corrected chi connectivity index (χ0v) is 17.7. The van der Waals surface area contributed by atoms with Crippen LogP contribution in [-0.2, 0) is 11.2 Å². The number of nitrogens with one attached hydrogen (secondary N) is 2. The average Bonchev–Trinajstić information content (AvgIpc) is 2.79. The van der Waals surface area contributed by atoms with Crippen molar-refractivity contribution in [1.82, 2.24) is 10.6 Å². The Balaban J connectivity index is 1.43. The van der Waals surface area contributed by atoms with E-state index < -0.39 is 0 Å². The van der Waals surface area contributed by atoms with Crippen molar-refractivity contribution >= 4 is 11.8 Å². The molecule has 3 aromatic carbocycles. The Kier molecular flexibility index (Phi) is 7.65. The van der Waals surface area contributed by atoms with Crippen molar-refractivity contribution in [3.8, 4) is 17.2 Å². The molecule has 0 saturated heterocycles. The van der Waals surface area contributed by atoms with E-state index in [-0.39, 0.29) is 18.4 Å². The van der Waals surface area contributed by atoms with Gasteiger partial charge in [0.25, 0.3) is 5.91 Å². The van der Waals surface area contributed by atoms with Crippen molar-refractivity contribution in [2.75, 3.05) is 20.2 Å². The minimum atomic E-state index is -0.318. The maximum atomic E-state index is 12.3. The summed E-state index contributed by atoms with van der Waals surface area (Å²) >= 11 is 0. The van der Waals surface area contributed by atoms with Crippen LogP contribution in [0.5, 0.6) is 17.2 Å². The highest BCUT2D eigenvalue weighted by molar-refractivity contribution is 5.96. The van der Waals surface area contributed by atoms with Crippen LogP contribution in [-0.4, -0.2) is 32.0 Å². The summed E-state index contributed by atoms with van der Waals surface area (Å²) in [5.41, 5.74) is 2.62. The molecule has 2 amide bonds. The van der Waals surface area contributed by atoms with E-state index in [2.05, 4.69) is 10.6 Å². The number of benzene rings is 3. The molecule has 3 aromatic rings. The number of amides is 2. The van der Waals surface area contributed by atoms with Crippen molar-refractivity contribution in [3.05, 3.63) is 89.5 Å². The second-order valence-corrected chi connectivity index (χ2v) is 7.04. The van der Waals surface area contributed by atoms with Crippen LogP contribution in [0.2, 0.25) is 0 Å². The normalized spacial score (nSPS) is 10.3. The number of ether oxygens (including phenoxy) is 2. The Hall–Kier alpha value is -3.80. The summed E-state index contributed by atoms with van der Waals surface area (Å²) in [6, 6.07) is 22.1. The lowest BCUT2D eigenvalue weighted by Gasteiger charge is -2.11. The molecule has 3 rings (SSSR count). The quantitative estimate of drug-likeness (QED) is 0.553. The molecule has 160 valence electrons. The topological polar surface area (TPSA) is 76.7 Å². The third-order valence-corrected chi connectivity index (χ3v) is 4.66. The molecule has 0 spiro atoms. The molecule has 0 heterocycles. The highest BCUT2D eigenvalue weighted by atomic mass is 16.5. The van der Waals surface area contributed by atoms with Gasteiger partial charge in [0.1, 0.15) is 17.2 Å². The number of methoxy groups -OCH3 is 1. The monoisotopic (exact) mass is 418 g/mol. The Labute approximate surface area is 182 Å². The van der Waals surface area contributed by atoms with Gasteiger partial charge in [-0.3, -0.25) is 9.59 Å². The molecule has 0 aliphatic rings. The highest BCUT2D eigenvalue weighted by Crippen LogP contribution is 2.21. The van der Waals surface area contributed by atoms with Gasteiger partial charge < -0.3 is 20.1 Å². The van der Waals surface area contributed by atoms with Gasteiger partial charge in [-0.15, -0.1) is 0 Å². The second kappa shape index (κ2) is 10.8. The lowest BCUT2D eigenvalue weighted by molar-refractivity contribution is -0.120. The first kappa shape index (κ1) is 21.9. The molecule has 31 heavy (non-hydrogen) atoms. The summed E-state index contributed by atoms with van der Waals surface area (Å²) in [5, 5.41) is 5.45. The van der Waals surface area contributed by atoms with Crippen LogP contribution in [0.15, 0.2) is 72.8 Å². The summed E-state index contributed by atoms with van der Waals surface area (Å²) < 4.78 is 11.1. The fraction of sp³-hybridized carbons (Fsp3) is 0.200. The summed E-state index contributed by atoms with van der Waals surface area (Å²) in [6.07, 6.45) is 0.646. The molecule has 0 atom stereocenters. The fourth-order valence-corrected chi connectivity index (χ4v) is 3.06. The second-order valence-electron chi connectivity index (χ2n) is 7.04. The minimum Gasteiger partial charge on any atom is -0.496 e. The number of para-hydroxylation sites is 1. The lowest BCUT2D eigenvalue weighted by atomic mass is 10.1. The molecular weight excluding hydrogens is 392 g/mol. The number of rotatable bonds is 9. The molecule has 0 aliphatic carbocycles. The van der Waals surface area contributed by atoms with Crippen LogP contribution in [0.1, 0.15) is 21.5 Å². The number of hydrogen-bond acceptors (Lipinski definition) is 4. The van der Waals surface area contributed by atoms with Gasteiger partial charge in [-0.05, 0) is 61.4 Å². The van der Waals surface area contributed by atoms with Gasteiger partial charge in [0, 0.05) is 12.1 Å². The molecular formula is C25H26N2O4. The van der Waals surface area contributed by atoms with E-state index in [1.807, 2.05) is 55.5 Å². The van der Waals surface area contributed by atoms with E-state index in [4.69, 9.17) is 9.47 Å². The Bertz CT molecular complexity index is 1020. The van der Waals surface area contributed by atoms with Gasteiger partial charge in [0.2, 0.25) is 5.91 Å². The first-order chi connectivity index (χ1) is 15.0. The number of hydrogen-bond donors (Lipinski definition) is 2. The lowest BCUT2D eigenvalue weighted by Crippen LogP contribution is -2.37. The van der Waals surface area contributed by atoms with Gasteiger partial charge in [0.15, 0.2) is 0 Å². The third kappa shape index (κ3) is 6.60. The van der Waals surface area contributed by atoms with E-state index in [1.54, 1.807) is 31.4 Å². The molecule has 0 saturated carbocycles. The maximum Gasteiger partial charge on any atom is 0.251 e. The molecule has 0 unspecified atom stereocenters. The molecule has 6 nitrogen and oxygen atoms in total. The highest BCUT2D eigenvalue weighted by Gasteiger charge is 2.09. The summed E-state index contributed by atoms with van der Waals surface area (Å²) in [5.74, 6) is 1.59. The van der Waals surface area contributed by atoms with Gasteiger partial charge in [-0.2, -0.15) is 0 Å². The molecule has 0 bridgehead atoms. The average molecular weight is 418 g/mol. The number of aryl methyl sites for hydroxylation is 1. The van der Waals surface area contributed by atoms with Crippen LogP contribution in [0, 0.1) is 6.92 Å². The van der Waals surface area contributed by atoms with Crippen molar-refractivity contribution in [2.45, 2.75) is 13.3 Å². The predicted molar refractivity (Wildman–Crippen MR) is 120 cm³/mol. The Morgan fingerprint density at radius 3 is 2.29 bits per heavy atom. The number of carbonyl (C=O) groups excluding carboxylic acids is 2. The molecule has 0 radical (unpaired) electrons. The summed E-state index contributed by atoms with van der Waals surface area (Å²) in [7, 11) is 1.63. The van der Waals surface area contributed by atoms with Crippen molar-refractivity contribution in [1.29, 1.82) is 0 Å². The zero-order chi connectivity index (χ0) is 22.1. The van der Waals surface area contributed by atoms with Crippen molar-refractivity contribution in [2.24, 2.45) is 0 Å². The predicted octanol–water partition coefficient (Wildman–Crippen LogP) is 3.88. The van der Waals surface area contributed by atoms with Crippen LogP contribution >= 0.6 is 0 Å². The molecule has 0 fully saturated rings. The van der Waals surface area contributed by atoms with E-state index >= 15 is 0 Å². The SMILES string of the molecule is COc1ccc(C)cc1CCNC(=O)CNC(=O)c1ccc(Oc2ccccc2)cc1. The van der Waals surface area contributed by atoms with Crippen LogP contribution in [0.3, 0.4) is 0 Å². The van der Waals surface area contributed by atoms with E-state index in [0.29, 0.717) is 24.3 Å². The van der Waals surface area contributed by atoms with Gasteiger partial charge in [-0.1, -0.05) is 35.9 Å². The van der Waals surface area contributed by atoms with Crippen LogP contribution in [0.25, 0.3) is 0 Å². The molecule has 2 N–H and O–H groups in total. The van der Waals surface area contributed by atoms with E-state index in [9.17, 15) is 9.59 Å². The molecule has 0 aromatic heterocycles. The minimum absolute atomic E-state index is 0.0912. The van der Waals surface area contributed by atoms with Gasteiger partial charge in [-0.25, -0.2) is 0 Å². The Morgan fingerprint density at radius 1 is 0.871 bits per heavy atom. The van der Waals surface area contributed by atoms with Crippen LogP contribution < -0.4 is 20.1 Å². The van der Waals surface area contributed by atoms with Crippen molar-refractivity contribution in [3.63, 3.8) is 0 Å². The van der Waals surface area contributed by atoms with E-state index in [0.717, 1.165) is 22.6 Å². The largest absolute Gasteiger partial charge is 0.496 e. The first-order valence-corrected chi connectivity index (χ1v) is 10.1. The first-order valence-electron chi connectivity index (χ1n) is 10.1. The van der Waals surface area contributed by atoms with E-state index in [1.165, 1.54) is 0 Å². The third-order valence-electron chi connectivity index (χ3n) is 4.66. The zero-order valence-electron chi connectivity index (χ0n) is 17.7. The van der Waals surface area contributed by atoms with Crippen molar-refractivity contribution < 1.29 is 19.1 Å². The Morgan fingerprint density at radius 2 is 1.58 bits per heavy atom. The smallest absolute Gasteiger partial charge is 0.251 e. The van der Waals surface area contributed by atoms with Gasteiger partial charge >= 0.3 is 0 Å². The summed E-state index contributed by atoms with van der Waals surface area (Å²) in [4.78, 5) is 24.4. The summed E-state index contributed by atoms with van der Waals surface area (Å²) in [6.45, 7) is 2.38.